The summed E-state index contributed by atoms with van der Waals surface area (Å²) < 4.78 is 22.0. The van der Waals surface area contributed by atoms with Gasteiger partial charge in [-0.1, -0.05) is 5.57 Å². The molecule has 0 amide bonds. The zero-order valence-electron chi connectivity index (χ0n) is 8.82. The Morgan fingerprint density at radius 3 is 2.29 bits per heavy atom. The fourth-order valence-corrected chi connectivity index (χ4v) is 2.73. The SMILES string of the molecule is CCOP(=O)(CC(C)=[13CH][13C]#N)OCC. The van der Waals surface area contributed by atoms with Crippen molar-refractivity contribution in [3.63, 3.8) is 0 Å². The molecule has 0 spiro atoms. The highest BCUT2D eigenvalue weighted by Gasteiger charge is 2.23. The van der Waals surface area contributed by atoms with E-state index in [1.807, 2.05) is 6.07 Å². The summed E-state index contributed by atoms with van der Waals surface area (Å²) in [5.74, 6) is 0. The molecule has 0 aliphatic heterocycles. The third-order valence-corrected chi connectivity index (χ3v) is 3.59. The van der Waals surface area contributed by atoms with Crippen LogP contribution in [0.3, 0.4) is 0 Å². The van der Waals surface area contributed by atoms with Crippen LogP contribution in [-0.4, -0.2) is 19.4 Å². The van der Waals surface area contributed by atoms with Crippen LogP contribution in [0.2, 0.25) is 0 Å². The summed E-state index contributed by atoms with van der Waals surface area (Å²) in [6.45, 7) is 5.94. The van der Waals surface area contributed by atoms with E-state index in [1.54, 1.807) is 20.8 Å². The molecule has 0 N–H and O–H groups in total. The van der Waals surface area contributed by atoms with Crippen LogP contribution in [0, 0.1) is 11.3 Å². The van der Waals surface area contributed by atoms with Crippen LogP contribution in [0.1, 0.15) is 20.8 Å². The van der Waals surface area contributed by atoms with Gasteiger partial charge in [0.05, 0.1) is 25.4 Å². The molecule has 0 aromatic rings. The van der Waals surface area contributed by atoms with Crippen molar-refractivity contribution >= 4 is 7.60 Å². The molecule has 5 heteroatoms. The Morgan fingerprint density at radius 2 is 1.93 bits per heavy atom. The molecule has 0 atom stereocenters. The van der Waals surface area contributed by atoms with E-state index < -0.39 is 7.60 Å². The molecule has 0 heterocycles. The van der Waals surface area contributed by atoms with Crippen molar-refractivity contribution in [3.8, 4) is 6.07 Å². The summed E-state index contributed by atoms with van der Waals surface area (Å²) in [6, 6.07) is 1.88. The van der Waals surface area contributed by atoms with Gasteiger partial charge >= 0.3 is 7.60 Å². The van der Waals surface area contributed by atoms with Gasteiger partial charge in [-0.15, -0.1) is 0 Å². The predicted octanol–water partition coefficient (Wildman–Crippen LogP) is 2.72. The van der Waals surface area contributed by atoms with Gasteiger partial charge in [0.1, 0.15) is 0 Å². The van der Waals surface area contributed by atoms with Crippen LogP contribution in [0.25, 0.3) is 0 Å². The van der Waals surface area contributed by atoms with Crippen molar-refractivity contribution < 1.29 is 13.6 Å². The minimum Gasteiger partial charge on any atom is -0.309 e. The Morgan fingerprint density at radius 1 is 1.43 bits per heavy atom. The summed E-state index contributed by atoms with van der Waals surface area (Å²) in [7, 11) is -3.02. The van der Waals surface area contributed by atoms with Gasteiger partial charge in [-0.05, 0) is 20.8 Å². The number of allylic oxidation sites excluding steroid dienone is 2. The lowest BCUT2D eigenvalue weighted by Gasteiger charge is -2.16. The molecule has 0 aromatic carbocycles. The molecular formula is C9H16NO3P. The van der Waals surface area contributed by atoms with Crippen molar-refractivity contribution in [2.24, 2.45) is 0 Å². The third-order valence-electron chi connectivity index (χ3n) is 1.41. The first-order valence-electron chi connectivity index (χ1n) is 4.51. The molecule has 0 saturated heterocycles. The summed E-state index contributed by atoms with van der Waals surface area (Å²) >= 11 is 0. The second kappa shape index (κ2) is 6.78. The minimum absolute atomic E-state index is 0.183. The summed E-state index contributed by atoms with van der Waals surface area (Å²) in [4.78, 5) is 0. The molecule has 0 saturated carbocycles. The number of rotatable bonds is 6. The normalized spacial score (nSPS) is 12.6. The second-order valence-corrected chi connectivity index (χ2v) is 4.78. The molecule has 0 aromatic heterocycles. The Bertz CT molecular complexity index is 270. The van der Waals surface area contributed by atoms with Crippen LogP contribution in [0.15, 0.2) is 11.6 Å². The average Bonchev–Trinajstić information content (AvgIpc) is 2.04. The van der Waals surface area contributed by atoms with E-state index in [-0.39, 0.29) is 6.16 Å². The maximum Gasteiger partial charge on any atom is 0.334 e. The first-order valence-corrected chi connectivity index (χ1v) is 6.24. The summed E-state index contributed by atoms with van der Waals surface area (Å²) in [6.07, 6.45) is 1.53. The van der Waals surface area contributed by atoms with Crippen molar-refractivity contribution in [3.05, 3.63) is 11.6 Å². The van der Waals surface area contributed by atoms with Crippen LogP contribution >= 0.6 is 7.60 Å². The van der Waals surface area contributed by atoms with Crippen LogP contribution in [0.5, 0.6) is 0 Å². The Hall–Kier alpha value is -0.620. The molecular weight excluding hydrogens is 203 g/mol. The third kappa shape index (κ3) is 5.18. The molecule has 0 bridgehead atoms. The van der Waals surface area contributed by atoms with Crippen LogP contribution in [-0.2, 0) is 13.6 Å². The second-order valence-electron chi connectivity index (χ2n) is 2.72. The van der Waals surface area contributed by atoms with Gasteiger partial charge in [0.25, 0.3) is 0 Å². The van der Waals surface area contributed by atoms with Crippen molar-refractivity contribution in [1.29, 1.82) is 5.26 Å². The van der Waals surface area contributed by atoms with E-state index in [0.717, 1.165) is 0 Å². The van der Waals surface area contributed by atoms with Crippen molar-refractivity contribution in [2.75, 3.05) is 19.4 Å². The molecule has 0 aliphatic rings. The van der Waals surface area contributed by atoms with Gasteiger partial charge in [0.15, 0.2) is 0 Å². The van der Waals surface area contributed by atoms with Crippen molar-refractivity contribution in [2.45, 2.75) is 20.8 Å². The molecule has 14 heavy (non-hydrogen) atoms. The fourth-order valence-electron chi connectivity index (χ4n) is 0.983. The van der Waals surface area contributed by atoms with Gasteiger partial charge in [-0.3, -0.25) is 4.57 Å². The smallest absolute Gasteiger partial charge is 0.309 e. The summed E-state index contributed by atoms with van der Waals surface area (Å²) in [5.41, 5.74) is 0.706. The van der Waals surface area contributed by atoms with E-state index in [0.29, 0.717) is 18.8 Å². The van der Waals surface area contributed by atoms with Gasteiger partial charge in [0, 0.05) is 6.08 Å². The maximum absolute atomic E-state index is 11.9. The zero-order valence-corrected chi connectivity index (χ0v) is 9.71. The lowest BCUT2D eigenvalue weighted by molar-refractivity contribution is 0.222. The lowest BCUT2D eigenvalue weighted by atomic mass is 10.5. The van der Waals surface area contributed by atoms with E-state index in [9.17, 15) is 4.57 Å². The molecule has 0 unspecified atom stereocenters. The molecule has 80 valence electrons. The molecule has 0 fully saturated rings. The molecule has 4 nitrogen and oxygen atoms in total. The van der Waals surface area contributed by atoms with Gasteiger partial charge < -0.3 is 9.05 Å². The monoisotopic (exact) mass is 219 g/mol. The fraction of sp³-hybridized carbons (Fsp3) is 0.667. The first-order chi connectivity index (χ1) is 6.58. The van der Waals surface area contributed by atoms with Gasteiger partial charge in [-0.25, -0.2) is 0 Å². The van der Waals surface area contributed by atoms with Gasteiger partial charge in [-0.2, -0.15) is 5.26 Å². The van der Waals surface area contributed by atoms with E-state index in [4.69, 9.17) is 14.3 Å². The highest BCUT2D eigenvalue weighted by atomic mass is 31.2. The number of hydrogen-bond donors (Lipinski definition) is 0. The number of nitriles is 1. The number of nitrogens with zero attached hydrogens (tertiary/aromatic N) is 1. The lowest BCUT2D eigenvalue weighted by Crippen LogP contribution is -2.01. The maximum atomic E-state index is 11.9. The zero-order chi connectivity index (χ0) is 11.0. The molecule has 0 rings (SSSR count). The Balaban J connectivity index is 4.45. The predicted molar refractivity (Wildman–Crippen MR) is 55.1 cm³/mol. The largest absolute Gasteiger partial charge is 0.334 e. The average molecular weight is 219 g/mol. The van der Waals surface area contributed by atoms with E-state index >= 15 is 0 Å². The molecule has 0 radical (unpaired) electrons. The van der Waals surface area contributed by atoms with E-state index in [1.165, 1.54) is 6.08 Å². The van der Waals surface area contributed by atoms with Crippen LogP contribution < -0.4 is 0 Å². The summed E-state index contributed by atoms with van der Waals surface area (Å²) in [5, 5.41) is 8.40. The first kappa shape index (κ1) is 13.4. The topological polar surface area (TPSA) is 59.3 Å². The minimum atomic E-state index is -3.02. The van der Waals surface area contributed by atoms with Crippen LogP contribution in [0.4, 0.5) is 0 Å². The van der Waals surface area contributed by atoms with Gasteiger partial charge in [0.2, 0.25) is 0 Å². The van der Waals surface area contributed by atoms with E-state index in [2.05, 4.69) is 0 Å². The highest BCUT2D eigenvalue weighted by molar-refractivity contribution is 7.54. The highest BCUT2D eigenvalue weighted by Crippen LogP contribution is 2.49. The standard InChI is InChI=1S/C9H16NO3P/c1-4-12-14(11,13-5-2)8-9(3)6-7-10/h6H,4-5,8H2,1-3H3/i6+1,7+1. The number of hydrogen-bond acceptors (Lipinski definition) is 4. The quantitative estimate of drug-likeness (QED) is 0.391. The molecule has 0 aliphatic carbocycles. The Kier molecular flexibility index (Phi) is 6.48. The van der Waals surface area contributed by atoms with Crippen molar-refractivity contribution in [1.82, 2.24) is 0 Å². The Labute approximate surface area is 85.1 Å².